The first-order valence-corrected chi connectivity index (χ1v) is 9.86. The number of halogens is 2. The number of rotatable bonds is 3. The Hall–Kier alpha value is -1.73. The smallest absolute Gasteiger partial charge is 0.260 e. The number of hydrogen-bond acceptors (Lipinski definition) is 4. The maximum absolute atomic E-state index is 13.5. The summed E-state index contributed by atoms with van der Waals surface area (Å²) in [5.41, 5.74) is 0. The summed E-state index contributed by atoms with van der Waals surface area (Å²) in [5, 5.41) is 7.23. The van der Waals surface area contributed by atoms with E-state index in [0.29, 0.717) is 18.9 Å². The summed E-state index contributed by atoms with van der Waals surface area (Å²) in [5.74, 6) is 1.04. The van der Waals surface area contributed by atoms with Crippen molar-refractivity contribution in [3.8, 4) is 0 Å². The van der Waals surface area contributed by atoms with Gasteiger partial charge in [-0.25, -0.2) is 13.5 Å². The van der Waals surface area contributed by atoms with Gasteiger partial charge in [-0.15, -0.1) is 0 Å². The molecule has 1 saturated carbocycles. The second-order valence-corrected chi connectivity index (χ2v) is 7.94. The molecule has 1 saturated heterocycles. The van der Waals surface area contributed by atoms with Crippen LogP contribution in [0, 0.1) is 11.8 Å². The number of fused-ring (bicyclic) bond motifs is 1. The zero-order chi connectivity index (χ0) is 18.1. The first kappa shape index (κ1) is 17.7. The number of amides is 1. The molecule has 3 heterocycles. The summed E-state index contributed by atoms with van der Waals surface area (Å²) < 4.78 is 28.3. The number of likely N-dealkylation sites (tertiary alicyclic amines) is 1. The van der Waals surface area contributed by atoms with Crippen LogP contribution in [0.15, 0.2) is 6.33 Å². The first-order valence-electron chi connectivity index (χ1n) is 9.86. The molecule has 3 atom stereocenters. The van der Waals surface area contributed by atoms with E-state index in [-0.39, 0.29) is 23.8 Å². The number of piperidine rings is 1. The van der Waals surface area contributed by atoms with Crippen molar-refractivity contribution in [2.75, 3.05) is 18.4 Å². The van der Waals surface area contributed by atoms with Gasteiger partial charge in [-0.1, -0.05) is 19.3 Å². The molecular weight excluding hydrogens is 340 g/mol. The minimum Gasteiger partial charge on any atom is -0.351 e. The van der Waals surface area contributed by atoms with Crippen LogP contribution in [0.25, 0.3) is 0 Å². The summed E-state index contributed by atoms with van der Waals surface area (Å²) in [6, 6.07) is -1.03. The van der Waals surface area contributed by atoms with Crippen LogP contribution in [0.2, 0.25) is 0 Å². The Labute approximate surface area is 152 Å². The van der Waals surface area contributed by atoms with Crippen LogP contribution in [-0.4, -0.2) is 51.1 Å². The fraction of sp³-hybridized carbons (Fsp3) is 0.833. The van der Waals surface area contributed by atoms with Gasteiger partial charge in [0.15, 0.2) is 0 Å². The summed E-state index contributed by atoms with van der Waals surface area (Å²) in [6.07, 6.45) is 6.58. The minimum atomic E-state index is -2.47. The Morgan fingerprint density at radius 2 is 2.00 bits per heavy atom. The minimum absolute atomic E-state index is 0.0901. The molecule has 0 spiro atoms. The molecule has 144 valence electrons. The molecule has 1 aliphatic carbocycles. The van der Waals surface area contributed by atoms with Gasteiger partial charge in [-0.2, -0.15) is 10.1 Å². The Bertz CT molecular complexity index is 631. The van der Waals surface area contributed by atoms with Crippen molar-refractivity contribution in [1.82, 2.24) is 19.7 Å². The highest BCUT2D eigenvalue weighted by molar-refractivity contribution is 5.79. The topological polar surface area (TPSA) is 63.1 Å². The van der Waals surface area contributed by atoms with Gasteiger partial charge in [-0.3, -0.25) is 4.79 Å². The molecule has 3 aliphatic rings. The SMILES string of the molecule is O=C(C1CCCCC1)N1CCC[C@H]([C@@H]2C[C@H](C(F)F)n3ncnc3N2)C1. The zero-order valence-corrected chi connectivity index (χ0v) is 15.0. The van der Waals surface area contributed by atoms with Gasteiger partial charge < -0.3 is 10.2 Å². The van der Waals surface area contributed by atoms with Crippen LogP contribution in [0.4, 0.5) is 14.7 Å². The van der Waals surface area contributed by atoms with Crippen molar-refractivity contribution in [2.24, 2.45) is 11.8 Å². The molecule has 0 aromatic carbocycles. The Morgan fingerprint density at radius 1 is 1.19 bits per heavy atom. The average molecular weight is 367 g/mol. The number of aromatic nitrogens is 3. The molecule has 6 nitrogen and oxygen atoms in total. The standard InChI is InChI=1S/C18H27F2N5O/c19-16(20)15-9-14(23-18-21-11-22-25(15)18)13-7-4-8-24(10-13)17(26)12-5-2-1-3-6-12/h11-16H,1-10H2,(H,21,22,23)/t13-,14-,15+/m0/s1. The lowest BCUT2D eigenvalue weighted by Crippen LogP contribution is -2.49. The first-order chi connectivity index (χ1) is 12.6. The van der Waals surface area contributed by atoms with Gasteiger partial charge in [0.05, 0.1) is 0 Å². The molecular formula is C18H27F2N5O. The van der Waals surface area contributed by atoms with Gasteiger partial charge >= 0.3 is 0 Å². The normalized spacial score (nSPS) is 30.1. The van der Waals surface area contributed by atoms with E-state index in [0.717, 1.165) is 45.1 Å². The fourth-order valence-electron chi connectivity index (χ4n) is 4.85. The van der Waals surface area contributed by atoms with Crippen molar-refractivity contribution in [3.63, 3.8) is 0 Å². The number of nitrogens with one attached hydrogen (secondary N) is 1. The van der Waals surface area contributed by atoms with Crippen molar-refractivity contribution in [3.05, 3.63) is 6.33 Å². The van der Waals surface area contributed by atoms with Gasteiger partial charge in [0, 0.05) is 25.0 Å². The molecule has 0 radical (unpaired) electrons. The highest BCUT2D eigenvalue weighted by atomic mass is 19.3. The van der Waals surface area contributed by atoms with Gasteiger partial charge in [0.1, 0.15) is 12.4 Å². The van der Waals surface area contributed by atoms with E-state index in [1.54, 1.807) is 0 Å². The molecule has 2 aliphatic heterocycles. The third-order valence-electron chi connectivity index (χ3n) is 6.28. The molecule has 8 heteroatoms. The van der Waals surface area contributed by atoms with E-state index in [1.807, 2.05) is 4.90 Å². The monoisotopic (exact) mass is 367 g/mol. The predicted molar refractivity (Wildman–Crippen MR) is 93.0 cm³/mol. The number of carbonyl (C=O) groups is 1. The third kappa shape index (κ3) is 3.42. The number of hydrogen-bond donors (Lipinski definition) is 1. The highest BCUT2D eigenvalue weighted by Gasteiger charge is 2.39. The van der Waals surface area contributed by atoms with E-state index < -0.39 is 12.5 Å². The number of nitrogens with zero attached hydrogens (tertiary/aromatic N) is 4. The van der Waals surface area contributed by atoms with Crippen LogP contribution in [0.1, 0.15) is 57.4 Å². The van der Waals surface area contributed by atoms with Crippen molar-refractivity contribution < 1.29 is 13.6 Å². The summed E-state index contributed by atoms with van der Waals surface area (Å²) >= 11 is 0. The maximum Gasteiger partial charge on any atom is 0.260 e. The molecule has 1 N–H and O–H groups in total. The lowest BCUT2D eigenvalue weighted by molar-refractivity contribution is -0.138. The van der Waals surface area contributed by atoms with E-state index in [1.165, 1.54) is 17.4 Å². The van der Waals surface area contributed by atoms with E-state index in [9.17, 15) is 13.6 Å². The van der Waals surface area contributed by atoms with Crippen LogP contribution in [0.5, 0.6) is 0 Å². The molecule has 1 aromatic rings. The lowest BCUT2D eigenvalue weighted by atomic mass is 9.84. The number of alkyl halides is 2. The van der Waals surface area contributed by atoms with Crippen molar-refractivity contribution in [2.45, 2.75) is 69.9 Å². The second kappa shape index (κ2) is 7.48. The average Bonchev–Trinajstić information content (AvgIpc) is 3.16. The van der Waals surface area contributed by atoms with Gasteiger partial charge in [0.2, 0.25) is 11.9 Å². The Morgan fingerprint density at radius 3 is 2.77 bits per heavy atom. The van der Waals surface area contributed by atoms with E-state index in [4.69, 9.17) is 0 Å². The number of carbonyl (C=O) groups excluding carboxylic acids is 1. The van der Waals surface area contributed by atoms with Crippen LogP contribution in [0.3, 0.4) is 0 Å². The van der Waals surface area contributed by atoms with E-state index >= 15 is 0 Å². The molecule has 0 unspecified atom stereocenters. The van der Waals surface area contributed by atoms with Crippen LogP contribution < -0.4 is 5.32 Å². The van der Waals surface area contributed by atoms with Gasteiger partial charge in [0.25, 0.3) is 6.43 Å². The Balaban J connectivity index is 1.44. The predicted octanol–water partition coefficient (Wildman–Crippen LogP) is 3.09. The summed E-state index contributed by atoms with van der Waals surface area (Å²) in [7, 11) is 0. The third-order valence-corrected chi connectivity index (χ3v) is 6.28. The summed E-state index contributed by atoms with van der Waals surface area (Å²) in [6.45, 7) is 1.46. The molecule has 2 fully saturated rings. The second-order valence-electron chi connectivity index (χ2n) is 7.94. The lowest BCUT2D eigenvalue weighted by Gasteiger charge is -2.41. The molecule has 0 bridgehead atoms. The molecule has 4 rings (SSSR count). The van der Waals surface area contributed by atoms with Crippen molar-refractivity contribution >= 4 is 11.9 Å². The summed E-state index contributed by atoms with van der Waals surface area (Å²) in [4.78, 5) is 18.9. The number of anilines is 1. The van der Waals surface area contributed by atoms with Crippen molar-refractivity contribution in [1.29, 1.82) is 0 Å². The van der Waals surface area contributed by atoms with Gasteiger partial charge in [-0.05, 0) is 38.0 Å². The maximum atomic E-state index is 13.5. The van der Waals surface area contributed by atoms with E-state index in [2.05, 4.69) is 15.4 Å². The highest BCUT2D eigenvalue weighted by Crippen LogP contribution is 2.35. The van der Waals surface area contributed by atoms with Crippen LogP contribution in [-0.2, 0) is 4.79 Å². The largest absolute Gasteiger partial charge is 0.351 e. The molecule has 26 heavy (non-hydrogen) atoms. The molecule has 1 amide bonds. The quantitative estimate of drug-likeness (QED) is 0.892. The fourth-order valence-corrected chi connectivity index (χ4v) is 4.85. The van der Waals surface area contributed by atoms with Crippen LogP contribution >= 0.6 is 0 Å². The zero-order valence-electron chi connectivity index (χ0n) is 15.0. The molecule has 1 aromatic heterocycles. The Kier molecular flexibility index (Phi) is 5.09.